The zero-order chi connectivity index (χ0) is 7.82. The van der Waals surface area contributed by atoms with E-state index < -0.39 is 0 Å². The van der Waals surface area contributed by atoms with Gasteiger partial charge in [0.2, 0.25) is 0 Å². The first-order valence-electron chi connectivity index (χ1n) is 4.14. The lowest BCUT2D eigenvalue weighted by atomic mass is 10.3. The minimum atomic E-state index is 0. The minimum Gasteiger partial charge on any atom is -0.318 e. The van der Waals surface area contributed by atoms with Crippen LogP contribution in [0.2, 0.25) is 0 Å². The fraction of sp³-hybridized carbons (Fsp3) is 1.00. The van der Waals surface area contributed by atoms with Crippen LogP contribution in [-0.2, 0) is 0 Å². The van der Waals surface area contributed by atoms with Crippen molar-refractivity contribution < 1.29 is 0 Å². The van der Waals surface area contributed by atoms with Crippen molar-refractivity contribution in [2.24, 2.45) is 0 Å². The normalized spacial score (nSPS) is 7.71. The summed E-state index contributed by atoms with van der Waals surface area (Å²) in [4.78, 5) is 2.36. The van der Waals surface area contributed by atoms with Crippen LogP contribution in [0.3, 0.4) is 0 Å². The summed E-state index contributed by atoms with van der Waals surface area (Å²) in [7, 11) is 4.17. The molecule has 0 aromatic carbocycles. The molecule has 0 aromatic rings. The molecule has 0 aliphatic carbocycles. The SMILES string of the molecule is C.C.C.C.CCCCN(C)CCNC. The summed E-state index contributed by atoms with van der Waals surface area (Å²) in [6.07, 6.45) is 2.62. The van der Waals surface area contributed by atoms with Crippen molar-refractivity contribution in [1.29, 1.82) is 0 Å². The van der Waals surface area contributed by atoms with E-state index in [2.05, 4.69) is 24.2 Å². The quantitative estimate of drug-likeness (QED) is 0.719. The van der Waals surface area contributed by atoms with Gasteiger partial charge in [-0.25, -0.2) is 0 Å². The van der Waals surface area contributed by atoms with Crippen molar-refractivity contribution >= 4 is 0 Å². The van der Waals surface area contributed by atoms with Gasteiger partial charge in [0.1, 0.15) is 0 Å². The molecule has 0 bridgehead atoms. The first-order valence-corrected chi connectivity index (χ1v) is 4.14. The summed E-state index contributed by atoms with van der Waals surface area (Å²) in [5, 5.41) is 3.13. The van der Waals surface area contributed by atoms with Crippen LogP contribution in [0.5, 0.6) is 0 Å². The third-order valence-corrected chi connectivity index (χ3v) is 1.64. The average molecular weight is 208 g/mol. The van der Waals surface area contributed by atoms with Crippen LogP contribution in [0.15, 0.2) is 0 Å². The lowest BCUT2D eigenvalue weighted by Crippen LogP contribution is -2.28. The van der Waals surface area contributed by atoms with E-state index in [-0.39, 0.29) is 29.7 Å². The molecule has 0 aliphatic rings. The smallest absolute Gasteiger partial charge is 0.0104 e. The van der Waals surface area contributed by atoms with Crippen molar-refractivity contribution in [2.45, 2.75) is 49.5 Å². The van der Waals surface area contributed by atoms with E-state index in [1.165, 1.54) is 19.4 Å². The van der Waals surface area contributed by atoms with Crippen molar-refractivity contribution in [3.63, 3.8) is 0 Å². The topological polar surface area (TPSA) is 15.3 Å². The Hall–Kier alpha value is -0.0800. The van der Waals surface area contributed by atoms with Gasteiger partial charge in [-0.2, -0.15) is 0 Å². The number of hydrogen-bond acceptors (Lipinski definition) is 2. The van der Waals surface area contributed by atoms with E-state index in [0.29, 0.717) is 0 Å². The molecule has 0 fully saturated rings. The second kappa shape index (κ2) is 23.1. The highest BCUT2D eigenvalue weighted by molar-refractivity contribution is 4.51. The number of likely N-dealkylation sites (N-methyl/N-ethyl adjacent to an activating group) is 2. The van der Waals surface area contributed by atoms with E-state index in [1.54, 1.807) is 0 Å². The van der Waals surface area contributed by atoms with Gasteiger partial charge >= 0.3 is 0 Å². The Morgan fingerprint density at radius 3 is 1.86 bits per heavy atom. The van der Waals surface area contributed by atoms with Gasteiger partial charge in [-0.05, 0) is 27.1 Å². The molecule has 0 heterocycles. The third-order valence-electron chi connectivity index (χ3n) is 1.64. The average Bonchev–Trinajstić information content (AvgIpc) is 1.97. The molecule has 14 heavy (non-hydrogen) atoms. The Kier molecular flexibility index (Phi) is 48.1. The van der Waals surface area contributed by atoms with Gasteiger partial charge in [0.25, 0.3) is 0 Å². The fourth-order valence-corrected chi connectivity index (χ4v) is 0.842. The molecule has 0 saturated carbocycles. The van der Waals surface area contributed by atoms with E-state index in [1.807, 2.05) is 7.05 Å². The maximum atomic E-state index is 3.13. The first kappa shape index (κ1) is 29.2. The maximum Gasteiger partial charge on any atom is 0.0104 e. The Bertz CT molecular complexity index is 57.3. The lowest BCUT2D eigenvalue weighted by Gasteiger charge is -2.14. The number of nitrogens with zero attached hydrogens (tertiary/aromatic N) is 1. The van der Waals surface area contributed by atoms with Gasteiger partial charge in [-0.1, -0.05) is 43.1 Å². The highest BCUT2D eigenvalue weighted by Crippen LogP contribution is 1.89. The molecule has 2 nitrogen and oxygen atoms in total. The van der Waals surface area contributed by atoms with Crippen molar-refractivity contribution in [1.82, 2.24) is 10.2 Å². The Morgan fingerprint density at radius 2 is 1.50 bits per heavy atom. The van der Waals surface area contributed by atoms with Gasteiger partial charge in [0.05, 0.1) is 0 Å². The van der Waals surface area contributed by atoms with Crippen LogP contribution in [0.4, 0.5) is 0 Å². The largest absolute Gasteiger partial charge is 0.318 e. The minimum absolute atomic E-state index is 0. The molecule has 0 atom stereocenters. The molecule has 0 radical (unpaired) electrons. The highest BCUT2D eigenvalue weighted by atomic mass is 15.1. The van der Waals surface area contributed by atoms with Crippen molar-refractivity contribution in [2.75, 3.05) is 33.7 Å². The Morgan fingerprint density at radius 1 is 1.00 bits per heavy atom. The van der Waals surface area contributed by atoms with Crippen LogP contribution < -0.4 is 5.32 Å². The summed E-state index contributed by atoms with van der Waals surface area (Å²) in [6, 6.07) is 0. The van der Waals surface area contributed by atoms with Gasteiger partial charge in [0, 0.05) is 13.1 Å². The van der Waals surface area contributed by atoms with E-state index in [0.717, 1.165) is 13.1 Å². The lowest BCUT2D eigenvalue weighted by molar-refractivity contribution is 0.329. The summed E-state index contributed by atoms with van der Waals surface area (Å²) in [6.45, 7) is 5.72. The van der Waals surface area contributed by atoms with Crippen LogP contribution in [0, 0.1) is 0 Å². The van der Waals surface area contributed by atoms with Crippen LogP contribution >= 0.6 is 0 Å². The summed E-state index contributed by atoms with van der Waals surface area (Å²) in [5.41, 5.74) is 0. The summed E-state index contributed by atoms with van der Waals surface area (Å²) in [5.74, 6) is 0. The molecule has 94 valence electrons. The molecule has 0 spiro atoms. The molecule has 0 unspecified atom stereocenters. The molecular weight excluding hydrogens is 172 g/mol. The molecular formula is C12H36N2. The second-order valence-corrected chi connectivity index (χ2v) is 2.76. The van der Waals surface area contributed by atoms with Crippen molar-refractivity contribution in [3.05, 3.63) is 0 Å². The van der Waals surface area contributed by atoms with E-state index >= 15 is 0 Å². The molecule has 1 N–H and O–H groups in total. The number of rotatable bonds is 6. The number of nitrogens with one attached hydrogen (secondary N) is 1. The van der Waals surface area contributed by atoms with Gasteiger partial charge in [-0.15, -0.1) is 0 Å². The highest BCUT2D eigenvalue weighted by Gasteiger charge is 1.93. The molecule has 2 heteroatoms. The number of unbranched alkanes of at least 4 members (excludes halogenated alkanes) is 1. The maximum absolute atomic E-state index is 3.13. The monoisotopic (exact) mass is 208 g/mol. The second-order valence-electron chi connectivity index (χ2n) is 2.76. The van der Waals surface area contributed by atoms with Gasteiger partial charge in [-0.3, -0.25) is 0 Å². The third kappa shape index (κ3) is 22.7. The molecule has 0 saturated heterocycles. The number of hydrogen-bond donors (Lipinski definition) is 1. The standard InChI is InChI=1S/C8H20N2.4CH4/c1-4-5-7-10(3)8-6-9-2;;;;/h9H,4-8H2,1-3H3;4*1H4. The fourth-order valence-electron chi connectivity index (χ4n) is 0.842. The van der Waals surface area contributed by atoms with Gasteiger partial charge < -0.3 is 10.2 Å². The Balaban J connectivity index is -0.0000000675. The Labute approximate surface area is 94.1 Å². The van der Waals surface area contributed by atoms with Crippen molar-refractivity contribution in [3.8, 4) is 0 Å². The zero-order valence-corrected chi connectivity index (χ0v) is 7.48. The molecule has 0 rings (SSSR count). The molecule has 0 amide bonds. The predicted octanol–water partition coefficient (Wildman–Crippen LogP) is 3.48. The summed E-state index contributed by atoms with van der Waals surface area (Å²) < 4.78 is 0. The first-order chi connectivity index (χ1) is 4.81. The van der Waals surface area contributed by atoms with E-state index in [9.17, 15) is 0 Å². The molecule has 0 aliphatic heterocycles. The van der Waals surface area contributed by atoms with Gasteiger partial charge in [0.15, 0.2) is 0 Å². The summed E-state index contributed by atoms with van der Waals surface area (Å²) >= 11 is 0. The predicted molar refractivity (Wildman–Crippen MR) is 73.3 cm³/mol. The van der Waals surface area contributed by atoms with Crippen LogP contribution in [0.25, 0.3) is 0 Å². The van der Waals surface area contributed by atoms with Crippen LogP contribution in [0.1, 0.15) is 49.5 Å². The van der Waals surface area contributed by atoms with Crippen LogP contribution in [-0.4, -0.2) is 38.6 Å². The van der Waals surface area contributed by atoms with E-state index in [4.69, 9.17) is 0 Å². The molecule has 0 aromatic heterocycles. The zero-order valence-electron chi connectivity index (χ0n) is 7.48.